The van der Waals surface area contributed by atoms with Gasteiger partial charge in [0.05, 0.1) is 45.9 Å². The number of halogens is 6. The number of amides is 1. The highest BCUT2D eigenvalue weighted by atomic mass is 35.5. The summed E-state index contributed by atoms with van der Waals surface area (Å²) in [4.78, 5) is 42.7. The first-order chi connectivity index (χ1) is 18.9. The van der Waals surface area contributed by atoms with E-state index in [9.17, 15) is 37.1 Å². The van der Waals surface area contributed by atoms with E-state index in [0.717, 1.165) is 40.3 Å². The summed E-state index contributed by atoms with van der Waals surface area (Å²) in [5.41, 5.74) is -1.89. The third-order valence-electron chi connectivity index (χ3n) is 6.73. The first-order valence-corrected chi connectivity index (χ1v) is 12.9. The number of alkyl halides is 3. The number of carboxylic acid groups (broad SMARTS) is 1. The van der Waals surface area contributed by atoms with E-state index in [1.54, 1.807) is 0 Å². The Morgan fingerprint density at radius 1 is 1.00 bits per heavy atom. The van der Waals surface area contributed by atoms with Gasteiger partial charge in [-0.15, -0.1) is 0 Å². The van der Waals surface area contributed by atoms with E-state index in [-0.39, 0.29) is 47.8 Å². The standard InChI is InChI=1S/C26H22Cl2F4N4O4/c27-19-10-33-11-20(28)22(19)21(37)13-35(12-14-1-5-16(29)6-2-14)24(38)18-9-34-36(23(18)26(30,31)32)17-7-3-15(4-8-17)25(39)40/h1-2,5-6,9-11,15,17H,3-4,7-8,12-13H2,(H,39,40). The molecule has 1 aromatic carbocycles. The van der Waals surface area contributed by atoms with Gasteiger partial charge in [0.2, 0.25) is 0 Å². The van der Waals surface area contributed by atoms with Gasteiger partial charge < -0.3 is 10.0 Å². The molecule has 2 heterocycles. The van der Waals surface area contributed by atoms with Crippen LogP contribution in [0.1, 0.15) is 63.7 Å². The first-order valence-electron chi connectivity index (χ1n) is 12.1. The minimum atomic E-state index is -4.99. The summed E-state index contributed by atoms with van der Waals surface area (Å²) in [7, 11) is 0. The molecule has 2 aromatic heterocycles. The highest BCUT2D eigenvalue weighted by molar-refractivity contribution is 6.39. The van der Waals surface area contributed by atoms with Gasteiger partial charge in [-0.1, -0.05) is 35.3 Å². The van der Waals surface area contributed by atoms with E-state index in [4.69, 9.17) is 23.2 Å². The van der Waals surface area contributed by atoms with Gasteiger partial charge in [0.25, 0.3) is 5.91 Å². The van der Waals surface area contributed by atoms with Crippen LogP contribution in [0.5, 0.6) is 0 Å². The Morgan fingerprint density at radius 2 is 1.60 bits per heavy atom. The lowest BCUT2D eigenvalue weighted by Gasteiger charge is -2.28. The number of nitrogens with zero attached hydrogens (tertiary/aromatic N) is 4. The number of rotatable bonds is 8. The third-order valence-corrected chi connectivity index (χ3v) is 7.30. The second kappa shape index (κ2) is 11.9. The van der Waals surface area contributed by atoms with E-state index in [1.165, 1.54) is 12.1 Å². The molecular weight excluding hydrogens is 579 g/mol. The van der Waals surface area contributed by atoms with Crippen LogP contribution in [0.3, 0.4) is 0 Å². The Balaban J connectivity index is 1.70. The van der Waals surface area contributed by atoms with E-state index >= 15 is 0 Å². The number of hydrogen-bond donors (Lipinski definition) is 1. The van der Waals surface area contributed by atoms with Crippen LogP contribution in [-0.4, -0.2) is 49.0 Å². The smallest absolute Gasteiger partial charge is 0.433 e. The molecule has 1 N–H and O–H groups in total. The van der Waals surface area contributed by atoms with Gasteiger partial charge in [0.1, 0.15) is 5.82 Å². The zero-order valence-electron chi connectivity index (χ0n) is 20.7. The molecule has 0 unspecified atom stereocenters. The van der Waals surface area contributed by atoms with Gasteiger partial charge in [-0.2, -0.15) is 18.3 Å². The maximum Gasteiger partial charge on any atom is 0.433 e. The molecule has 8 nitrogen and oxygen atoms in total. The number of carbonyl (C=O) groups excluding carboxylic acids is 2. The van der Waals surface area contributed by atoms with E-state index in [0.29, 0.717) is 5.56 Å². The number of aromatic nitrogens is 3. The zero-order valence-corrected chi connectivity index (χ0v) is 22.2. The Morgan fingerprint density at radius 3 is 2.15 bits per heavy atom. The highest BCUT2D eigenvalue weighted by Crippen LogP contribution is 2.39. The molecule has 0 atom stereocenters. The Labute approximate surface area is 235 Å². The lowest BCUT2D eigenvalue weighted by molar-refractivity contribution is -0.147. The molecule has 212 valence electrons. The van der Waals surface area contributed by atoms with Crippen molar-refractivity contribution in [1.29, 1.82) is 0 Å². The predicted molar refractivity (Wildman–Crippen MR) is 136 cm³/mol. The van der Waals surface area contributed by atoms with Crippen LogP contribution in [0.2, 0.25) is 10.0 Å². The normalized spacial score (nSPS) is 17.4. The molecule has 0 radical (unpaired) electrons. The van der Waals surface area contributed by atoms with Crippen LogP contribution in [0, 0.1) is 11.7 Å². The Kier molecular flexibility index (Phi) is 8.79. The van der Waals surface area contributed by atoms with Crippen LogP contribution >= 0.6 is 23.2 Å². The van der Waals surface area contributed by atoms with E-state index in [2.05, 4.69) is 10.1 Å². The second-order valence-corrected chi connectivity index (χ2v) is 10.2. The summed E-state index contributed by atoms with van der Waals surface area (Å²) >= 11 is 12.1. The van der Waals surface area contributed by atoms with Crippen molar-refractivity contribution in [3.8, 4) is 0 Å². The van der Waals surface area contributed by atoms with Gasteiger partial charge in [0, 0.05) is 18.9 Å². The molecular formula is C26H22Cl2F4N4O4. The van der Waals surface area contributed by atoms with Gasteiger partial charge in [-0.05, 0) is 43.4 Å². The molecule has 0 saturated heterocycles. The number of Topliss-reactive ketones (excluding diaryl/α,β-unsaturated/α-hetero) is 1. The maximum absolute atomic E-state index is 14.4. The second-order valence-electron chi connectivity index (χ2n) is 9.38. The Hall–Kier alpha value is -3.51. The quantitative estimate of drug-likeness (QED) is 0.248. The van der Waals surface area contributed by atoms with Crippen molar-refractivity contribution in [2.24, 2.45) is 5.92 Å². The van der Waals surface area contributed by atoms with Gasteiger partial charge in [-0.25, -0.2) is 4.39 Å². The molecule has 0 aliphatic heterocycles. The van der Waals surface area contributed by atoms with Crippen molar-refractivity contribution >= 4 is 40.9 Å². The number of pyridine rings is 1. The fraction of sp³-hybridized carbons (Fsp3) is 0.346. The molecule has 3 aromatic rings. The van der Waals surface area contributed by atoms with Crippen LogP contribution < -0.4 is 0 Å². The van der Waals surface area contributed by atoms with Gasteiger partial charge >= 0.3 is 12.1 Å². The number of benzene rings is 1. The van der Waals surface area contributed by atoms with Crippen LogP contribution in [0.25, 0.3) is 0 Å². The summed E-state index contributed by atoms with van der Waals surface area (Å²) in [6, 6.07) is 4.13. The minimum Gasteiger partial charge on any atom is -0.481 e. The number of ketones is 1. The van der Waals surface area contributed by atoms with Crippen molar-refractivity contribution < 1.29 is 37.1 Å². The lowest BCUT2D eigenvalue weighted by Crippen LogP contribution is -2.37. The van der Waals surface area contributed by atoms with E-state index in [1.807, 2.05) is 0 Å². The molecule has 1 aliphatic rings. The number of hydrogen-bond acceptors (Lipinski definition) is 5. The SMILES string of the molecule is O=C(CN(Cc1ccc(F)cc1)C(=O)c1cnn(C2CCC(C(=O)O)CC2)c1C(F)(F)F)c1c(Cl)cncc1Cl. The topological polar surface area (TPSA) is 105 Å². The minimum absolute atomic E-state index is 0.104. The molecule has 1 fully saturated rings. The van der Waals surface area contributed by atoms with Crippen molar-refractivity contribution in [2.75, 3.05) is 6.54 Å². The lowest BCUT2D eigenvalue weighted by atomic mass is 9.86. The Bertz CT molecular complexity index is 1400. The zero-order chi connectivity index (χ0) is 29.2. The average Bonchev–Trinajstić information content (AvgIpc) is 3.35. The monoisotopic (exact) mass is 600 g/mol. The molecule has 40 heavy (non-hydrogen) atoms. The van der Waals surface area contributed by atoms with Crippen LogP contribution in [-0.2, 0) is 17.5 Å². The molecule has 1 amide bonds. The summed E-state index contributed by atoms with van der Waals surface area (Å²) in [6.07, 6.45) is -1.27. The molecule has 4 rings (SSSR count). The number of carboxylic acids is 1. The first kappa shape index (κ1) is 29.5. The highest BCUT2D eigenvalue weighted by Gasteiger charge is 2.43. The van der Waals surface area contributed by atoms with Gasteiger partial charge in [0.15, 0.2) is 11.5 Å². The fourth-order valence-electron chi connectivity index (χ4n) is 4.76. The van der Waals surface area contributed by atoms with E-state index < -0.39 is 59.4 Å². The number of aliphatic carboxylic acids is 1. The molecule has 0 bridgehead atoms. The van der Waals surface area contributed by atoms with Crippen LogP contribution in [0.15, 0.2) is 42.9 Å². The fourth-order valence-corrected chi connectivity index (χ4v) is 5.33. The predicted octanol–water partition coefficient (Wildman–Crippen LogP) is 6.08. The summed E-state index contributed by atoms with van der Waals surface area (Å²) in [5, 5.41) is 12.9. The summed E-state index contributed by atoms with van der Waals surface area (Å²) < 4.78 is 57.2. The molecule has 14 heteroatoms. The molecule has 1 saturated carbocycles. The van der Waals surface area contributed by atoms with Crippen molar-refractivity contribution in [3.63, 3.8) is 0 Å². The van der Waals surface area contributed by atoms with Gasteiger partial charge in [-0.3, -0.25) is 24.0 Å². The number of carbonyl (C=O) groups is 3. The maximum atomic E-state index is 14.4. The third kappa shape index (κ3) is 6.44. The van der Waals surface area contributed by atoms with Crippen molar-refractivity contribution in [3.05, 3.63) is 81.1 Å². The van der Waals surface area contributed by atoms with Crippen LogP contribution in [0.4, 0.5) is 17.6 Å². The summed E-state index contributed by atoms with van der Waals surface area (Å²) in [5.74, 6) is -4.13. The molecule has 0 spiro atoms. The largest absolute Gasteiger partial charge is 0.481 e. The average molecular weight is 601 g/mol. The van der Waals surface area contributed by atoms with Crippen molar-refractivity contribution in [1.82, 2.24) is 19.7 Å². The molecule has 1 aliphatic carbocycles. The van der Waals surface area contributed by atoms with Crippen molar-refractivity contribution in [2.45, 2.75) is 44.4 Å². The summed E-state index contributed by atoms with van der Waals surface area (Å²) in [6.45, 7) is -1.04.